The Labute approximate surface area is 200 Å². The van der Waals surface area contributed by atoms with E-state index in [2.05, 4.69) is 20.8 Å². The maximum absolute atomic E-state index is 2.37. The third-order valence-corrected chi connectivity index (χ3v) is 7.38. The minimum atomic E-state index is 1.03. The van der Waals surface area contributed by atoms with Crippen molar-refractivity contribution in [3.8, 4) is 0 Å². The van der Waals surface area contributed by atoms with Gasteiger partial charge in [-0.3, -0.25) is 0 Å². The highest BCUT2D eigenvalue weighted by molar-refractivity contribution is 4.60. The van der Waals surface area contributed by atoms with Crippen molar-refractivity contribution >= 4 is 0 Å². The summed E-state index contributed by atoms with van der Waals surface area (Å²) >= 11 is 0. The van der Waals surface area contributed by atoms with Crippen LogP contribution in [0.25, 0.3) is 0 Å². The zero-order chi connectivity index (χ0) is 22.7. The SMILES string of the molecule is CCCCCCCCCCCCCCCCCCCCCCC(CCC)CCCCC. The van der Waals surface area contributed by atoms with Crippen LogP contribution in [-0.2, 0) is 0 Å². The molecule has 1 unspecified atom stereocenters. The van der Waals surface area contributed by atoms with Crippen LogP contribution >= 0.6 is 0 Å². The van der Waals surface area contributed by atoms with Crippen molar-refractivity contribution in [2.75, 3.05) is 0 Å². The Morgan fingerprint density at radius 1 is 0.258 bits per heavy atom. The van der Waals surface area contributed by atoms with Gasteiger partial charge < -0.3 is 0 Å². The molecule has 1 atom stereocenters. The molecule has 0 spiro atoms. The summed E-state index contributed by atoms with van der Waals surface area (Å²) in [7, 11) is 0. The molecule has 0 saturated carbocycles. The van der Waals surface area contributed by atoms with Crippen LogP contribution in [0.3, 0.4) is 0 Å². The summed E-state index contributed by atoms with van der Waals surface area (Å²) in [5.74, 6) is 1.03. The second kappa shape index (κ2) is 28.0. The van der Waals surface area contributed by atoms with Gasteiger partial charge in [-0.15, -0.1) is 0 Å². The van der Waals surface area contributed by atoms with Crippen molar-refractivity contribution in [3.63, 3.8) is 0 Å². The molecule has 0 bridgehead atoms. The van der Waals surface area contributed by atoms with Crippen LogP contribution in [0, 0.1) is 5.92 Å². The third-order valence-electron chi connectivity index (χ3n) is 7.38. The van der Waals surface area contributed by atoms with Crippen molar-refractivity contribution < 1.29 is 0 Å². The Hall–Kier alpha value is 0. The van der Waals surface area contributed by atoms with E-state index in [1.165, 1.54) is 173 Å². The van der Waals surface area contributed by atoms with Gasteiger partial charge >= 0.3 is 0 Å². The van der Waals surface area contributed by atoms with Crippen LogP contribution in [0.15, 0.2) is 0 Å². The fourth-order valence-corrected chi connectivity index (χ4v) is 5.21. The van der Waals surface area contributed by atoms with Gasteiger partial charge in [0.05, 0.1) is 0 Å². The fraction of sp³-hybridized carbons (Fsp3) is 1.00. The first-order valence-corrected chi connectivity index (χ1v) is 15.3. The minimum Gasteiger partial charge on any atom is -0.0654 e. The smallest absolute Gasteiger partial charge is 0.0414 e. The Balaban J connectivity index is 3.19. The van der Waals surface area contributed by atoms with Gasteiger partial charge in [0.1, 0.15) is 0 Å². The molecule has 0 fully saturated rings. The largest absolute Gasteiger partial charge is 0.0654 e. The summed E-state index contributed by atoms with van der Waals surface area (Å²) in [4.78, 5) is 0. The molecule has 0 amide bonds. The van der Waals surface area contributed by atoms with Gasteiger partial charge in [0.15, 0.2) is 0 Å². The molecule has 0 aromatic heterocycles. The number of hydrogen-bond donors (Lipinski definition) is 0. The van der Waals surface area contributed by atoms with E-state index in [1.807, 2.05) is 0 Å². The van der Waals surface area contributed by atoms with Crippen molar-refractivity contribution in [2.24, 2.45) is 5.92 Å². The summed E-state index contributed by atoms with van der Waals surface area (Å²) in [5, 5.41) is 0. The van der Waals surface area contributed by atoms with Gasteiger partial charge in [-0.25, -0.2) is 0 Å². The Kier molecular flexibility index (Phi) is 28.0. The van der Waals surface area contributed by atoms with Gasteiger partial charge in [0, 0.05) is 0 Å². The van der Waals surface area contributed by atoms with Gasteiger partial charge in [0.2, 0.25) is 0 Å². The average Bonchev–Trinajstić information content (AvgIpc) is 2.78. The van der Waals surface area contributed by atoms with E-state index in [1.54, 1.807) is 0 Å². The molecule has 0 saturated heterocycles. The Bertz CT molecular complexity index is 294. The summed E-state index contributed by atoms with van der Waals surface area (Å²) < 4.78 is 0. The van der Waals surface area contributed by atoms with E-state index < -0.39 is 0 Å². The summed E-state index contributed by atoms with van der Waals surface area (Å²) in [6.45, 7) is 7.00. The summed E-state index contributed by atoms with van der Waals surface area (Å²) in [6.07, 6.45) is 39.8. The first-order valence-electron chi connectivity index (χ1n) is 15.3. The molecular weight excluding hydrogens is 372 g/mol. The normalized spacial score (nSPS) is 12.5. The second-order valence-corrected chi connectivity index (χ2v) is 10.7. The predicted molar refractivity (Wildman–Crippen MR) is 145 cm³/mol. The summed E-state index contributed by atoms with van der Waals surface area (Å²) in [6, 6.07) is 0. The average molecular weight is 437 g/mol. The minimum absolute atomic E-state index is 1.03. The molecular formula is C31H64. The molecule has 0 aliphatic rings. The molecule has 0 aliphatic carbocycles. The van der Waals surface area contributed by atoms with Crippen molar-refractivity contribution in [3.05, 3.63) is 0 Å². The van der Waals surface area contributed by atoms with E-state index in [9.17, 15) is 0 Å². The van der Waals surface area contributed by atoms with E-state index in [0.717, 1.165) is 5.92 Å². The van der Waals surface area contributed by atoms with Crippen molar-refractivity contribution in [1.29, 1.82) is 0 Å². The predicted octanol–water partition coefficient (Wildman–Crippen LogP) is 12.2. The van der Waals surface area contributed by atoms with Crippen LogP contribution in [0.4, 0.5) is 0 Å². The van der Waals surface area contributed by atoms with E-state index in [-0.39, 0.29) is 0 Å². The van der Waals surface area contributed by atoms with E-state index in [4.69, 9.17) is 0 Å². The van der Waals surface area contributed by atoms with Crippen molar-refractivity contribution in [2.45, 2.75) is 194 Å². The zero-order valence-electron chi connectivity index (χ0n) is 22.7. The molecule has 0 heteroatoms. The molecule has 0 nitrogen and oxygen atoms in total. The first kappa shape index (κ1) is 31.0. The molecule has 0 radical (unpaired) electrons. The third kappa shape index (κ3) is 26.1. The van der Waals surface area contributed by atoms with Gasteiger partial charge in [-0.05, 0) is 5.92 Å². The molecule has 0 rings (SSSR count). The van der Waals surface area contributed by atoms with Crippen LogP contribution in [0.2, 0.25) is 0 Å². The van der Waals surface area contributed by atoms with Crippen LogP contribution < -0.4 is 0 Å². The van der Waals surface area contributed by atoms with Gasteiger partial charge in [-0.2, -0.15) is 0 Å². The van der Waals surface area contributed by atoms with Crippen LogP contribution in [-0.4, -0.2) is 0 Å². The van der Waals surface area contributed by atoms with Gasteiger partial charge in [-0.1, -0.05) is 194 Å². The lowest BCUT2D eigenvalue weighted by atomic mass is 9.91. The maximum atomic E-state index is 2.37. The topological polar surface area (TPSA) is 0 Å². The molecule has 0 aromatic carbocycles. The molecule has 0 aliphatic heterocycles. The molecule has 0 N–H and O–H groups in total. The van der Waals surface area contributed by atoms with Crippen molar-refractivity contribution in [1.82, 2.24) is 0 Å². The van der Waals surface area contributed by atoms with E-state index >= 15 is 0 Å². The highest BCUT2D eigenvalue weighted by Crippen LogP contribution is 2.23. The van der Waals surface area contributed by atoms with E-state index in [0.29, 0.717) is 0 Å². The summed E-state index contributed by atoms with van der Waals surface area (Å²) in [5.41, 5.74) is 0. The van der Waals surface area contributed by atoms with Crippen LogP contribution in [0.1, 0.15) is 194 Å². The lowest BCUT2D eigenvalue weighted by Crippen LogP contribution is -2.00. The Morgan fingerprint density at radius 2 is 0.516 bits per heavy atom. The number of unbranched alkanes of at least 4 members (excludes halogenated alkanes) is 21. The number of hydrogen-bond acceptors (Lipinski definition) is 0. The zero-order valence-corrected chi connectivity index (χ0v) is 22.7. The monoisotopic (exact) mass is 437 g/mol. The molecule has 0 heterocycles. The maximum Gasteiger partial charge on any atom is -0.0414 e. The highest BCUT2D eigenvalue weighted by Gasteiger charge is 2.07. The molecule has 0 aromatic rings. The standard InChI is InChI=1S/C31H64/c1-4-7-9-10-11-12-13-14-15-16-17-18-19-20-21-22-23-24-25-27-30-31(28-6-3)29-26-8-5-2/h31H,4-30H2,1-3H3. The molecule has 188 valence electrons. The lowest BCUT2D eigenvalue weighted by Gasteiger charge is -2.15. The molecule has 31 heavy (non-hydrogen) atoms. The first-order chi connectivity index (χ1) is 15.3. The quantitative estimate of drug-likeness (QED) is 0.112. The Morgan fingerprint density at radius 3 is 0.839 bits per heavy atom. The van der Waals surface area contributed by atoms with Gasteiger partial charge in [0.25, 0.3) is 0 Å². The highest BCUT2D eigenvalue weighted by atomic mass is 14.1. The lowest BCUT2D eigenvalue weighted by molar-refractivity contribution is 0.379. The fourth-order valence-electron chi connectivity index (χ4n) is 5.21. The number of rotatable bonds is 27. The second-order valence-electron chi connectivity index (χ2n) is 10.7. The van der Waals surface area contributed by atoms with Crippen LogP contribution in [0.5, 0.6) is 0 Å².